The molecule has 0 spiro atoms. The molecule has 22 heavy (non-hydrogen) atoms. The highest BCUT2D eigenvalue weighted by atomic mass is 32.2. The van der Waals surface area contributed by atoms with Gasteiger partial charge in [0.2, 0.25) is 10.0 Å². The molecule has 0 amide bonds. The summed E-state index contributed by atoms with van der Waals surface area (Å²) in [6.07, 6.45) is -5.37. The van der Waals surface area contributed by atoms with Crippen LogP contribution in [-0.2, 0) is 16.4 Å². The second-order valence-corrected chi connectivity index (χ2v) is 7.95. The third-order valence-electron chi connectivity index (χ3n) is 3.12. The SMILES string of the molecule is C[C@H](Cc1csc2ccccc12)NS(=O)(=O)CCC(F)(F)F. The fourth-order valence-electron chi connectivity index (χ4n) is 2.18. The number of thiophene rings is 1. The standard InChI is InChI=1S/C14H16F3NO2S2/c1-10(18-22(19,20)7-6-14(15,16)17)8-11-9-21-13-5-3-2-4-12(11)13/h2-5,9-10,18H,6-8H2,1H3/t10-/m1/s1. The summed E-state index contributed by atoms with van der Waals surface area (Å²) in [5.74, 6) is -0.939. The van der Waals surface area contributed by atoms with Gasteiger partial charge in [0.1, 0.15) is 0 Å². The van der Waals surface area contributed by atoms with Crippen molar-refractivity contribution in [2.45, 2.75) is 32.0 Å². The minimum atomic E-state index is -4.47. The number of halogens is 3. The first-order valence-electron chi connectivity index (χ1n) is 6.68. The van der Waals surface area contributed by atoms with Crippen LogP contribution in [0.2, 0.25) is 0 Å². The lowest BCUT2D eigenvalue weighted by atomic mass is 10.1. The predicted octanol–water partition coefficient (Wildman–Crippen LogP) is 3.70. The Labute approximate surface area is 131 Å². The van der Waals surface area contributed by atoms with E-state index < -0.39 is 34.4 Å². The molecule has 0 unspecified atom stereocenters. The monoisotopic (exact) mass is 351 g/mol. The third kappa shape index (κ3) is 4.96. The summed E-state index contributed by atoms with van der Waals surface area (Å²) in [5.41, 5.74) is 0.992. The number of alkyl halides is 3. The van der Waals surface area contributed by atoms with Crippen LogP contribution in [0.25, 0.3) is 10.1 Å². The molecule has 0 aliphatic rings. The molecule has 2 rings (SSSR count). The average Bonchev–Trinajstić information content (AvgIpc) is 2.79. The average molecular weight is 351 g/mol. The Kier molecular flexibility index (Phi) is 5.14. The number of benzene rings is 1. The molecule has 0 aliphatic carbocycles. The van der Waals surface area contributed by atoms with Gasteiger partial charge in [-0.2, -0.15) is 13.2 Å². The maximum absolute atomic E-state index is 12.1. The molecule has 1 atom stereocenters. The van der Waals surface area contributed by atoms with E-state index in [1.807, 2.05) is 29.6 Å². The first-order chi connectivity index (χ1) is 10.2. The molecule has 0 radical (unpaired) electrons. The fourth-order valence-corrected chi connectivity index (χ4v) is 4.47. The maximum atomic E-state index is 12.1. The second-order valence-electron chi connectivity index (χ2n) is 5.16. The van der Waals surface area contributed by atoms with Gasteiger partial charge in [-0.25, -0.2) is 13.1 Å². The summed E-state index contributed by atoms with van der Waals surface area (Å²) in [7, 11) is -3.94. The quantitative estimate of drug-likeness (QED) is 0.862. The van der Waals surface area contributed by atoms with Gasteiger partial charge >= 0.3 is 6.18 Å². The van der Waals surface area contributed by atoms with Crippen LogP contribution in [0.5, 0.6) is 0 Å². The van der Waals surface area contributed by atoms with Crippen molar-refractivity contribution in [2.75, 3.05) is 5.75 Å². The molecule has 0 saturated carbocycles. The van der Waals surface area contributed by atoms with E-state index in [0.717, 1.165) is 15.6 Å². The van der Waals surface area contributed by atoms with Crippen molar-refractivity contribution in [1.29, 1.82) is 0 Å². The van der Waals surface area contributed by atoms with Crippen molar-refractivity contribution in [3.63, 3.8) is 0 Å². The molecule has 1 aromatic heterocycles. The molecule has 2 aromatic rings. The molecule has 0 saturated heterocycles. The van der Waals surface area contributed by atoms with E-state index in [2.05, 4.69) is 4.72 Å². The van der Waals surface area contributed by atoms with E-state index in [-0.39, 0.29) is 0 Å². The molecule has 0 fully saturated rings. The molecular formula is C14H16F3NO2S2. The number of hydrogen-bond acceptors (Lipinski definition) is 3. The van der Waals surface area contributed by atoms with Gasteiger partial charge in [0, 0.05) is 10.7 Å². The molecular weight excluding hydrogens is 335 g/mol. The van der Waals surface area contributed by atoms with Gasteiger partial charge in [0.05, 0.1) is 12.2 Å². The summed E-state index contributed by atoms with van der Waals surface area (Å²) in [6, 6.07) is 7.28. The normalized spacial score (nSPS) is 14.4. The van der Waals surface area contributed by atoms with Crippen molar-refractivity contribution in [2.24, 2.45) is 0 Å². The summed E-state index contributed by atoms with van der Waals surface area (Å²) in [6.45, 7) is 1.65. The van der Waals surface area contributed by atoms with Gasteiger partial charge in [0.25, 0.3) is 0 Å². The van der Waals surface area contributed by atoms with Crippen molar-refractivity contribution in [3.8, 4) is 0 Å². The first kappa shape index (κ1) is 17.2. The van der Waals surface area contributed by atoms with Gasteiger partial charge in [-0.3, -0.25) is 0 Å². The molecule has 1 heterocycles. The third-order valence-corrected chi connectivity index (χ3v) is 5.64. The van der Waals surface area contributed by atoms with Crippen molar-refractivity contribution >= 4 is 31.4 Å². The zero-order valence-corrected chi connectivity index (χ0v) is 13.5. The van der Waals surface area contributed by atoms with Crippen molar-refractivity contribution in [3.05, 3.63) is 35.2 Å². The minimum Gasteiger partial charge on any atom is -0.212 e. The highest BCUT2D eigenvalue weighted by Crippen LogP contribution is 2.26. The predicted molar refractivity (Wildman–Crippen MR) is 82.6 cm³/mol. The number of hydrogen-bond donors (Lipinski definition) is 1. The number of sulfonamides is 1. The number of nitrogens with one attached hydrogen (secondary N) is 1. The van der Waals surface area contributed by atoms with E-state index in [1.54, 1.807) is 18.3 Å². The Balaban J connectivity index is 1.99. The van der Waals surface area contributed by atoms with Gasteiger partial charge in [-0.1, -0.05) is 18.2 Å². The zero-order chi connectivity index (χ0) is 16.4. The maximum Gasteiger partial charge on any atom is 0.390 e. The Hall–Kier alpha value is -1.12. The lowest BCUT2D eigenvalue weighted by Gasteiger charge is -2.14. The largest absolute Gasteiger partial charge is 0.390 e. The van der Waals surface area contributed by atoms with Crippen LogP contribution in [0.1, 0.15) is 18.9 Å². The van der Waals surface area contributed by atoms with Gasteiger partial charge in [-0.05, 0) is 35.7 Å². The zero-order valence-electron chi connectivity index (χ0n) is 11.9. The number of rotatable bonds is 6. The molecule has 1 aromatic carbocycles. The Morgan fingerprint density at radius 1 is 1.27 bits per heavy atom. The van der Waals surface area contributed by atoms with Crippen LogP contribution in [0, 0.1) is 0 Å². The number of fused-ring (bicyclic) bond motifs is 1. The Morgan fingerprint density at radius 3 is 2.64 bits per heavy atom. The van der Waals surface area contributed by atoms with E-state index in [4.69, 9.17) is 0 Å². The van der Waals surface area contributed by atoms with E-state index in [1.165, 1.54) is 0 Å². The lowest BCUT2D eigenvalue weighted by Crippen LogP contribution is -2.36. The topological polar surface area (TPSA) is 46.2 Å². The summed E-state index contributed by atoms with van der Waals surface area (Å²) in [5, 5.41) is 3.00. The molecule has 0 aliphatic heterocycles. The van der Waals surface area contributed by atoms with E-state index >= 15 is 0 Å². The van der Waals surface area contributed by atoms with Crippen LogP contribution >= 0.6 is 11.3 Å². The molecule has 122 valence electrons. The summed E-state index contributed by atoms with van der Waals surface area (Å²) in [4.78, 5) is 0. The Morgan fingerprint density at radius 2 is 1.95 bits per heavy atom. The van der Waals surface area contributed by atoms with E-state index in [0.29, 0.717) is 6.42 Å². The highest BCUT2D eigenvalue weighted by molar-refractivity contribution is 7.89. The van der Waals surface area contributed by atoms with Crippen molar-refractivity contribution in [1.82, 2.24) is 4.72 Å². The molecule has 1 N–H and O–H groups in total. The molecule has 8 heteroatoms. The van der Waals surface area contributed by atoms with Crippen molar-refractivity contribution < 1.29 is 21.6 Å². The van der Waals surface area contributed by atoms with Gasteiger partial charge in [0.15, 0.2) is 0 Å². The van der Waals surface area contributed by atoms with Crippen LogP contribution in [0.4, 0.5) is 13.2 Å². The minimum absolute atomic E-state index is 0.440. The van der Waals surface area contributed by atoms with Crippen LogP contribution < -0.4 is 4.72 Å². The fraction of sp³-hybridized carbons (Fsp3) is 0.429. The van der Waals surface area contributed by atoms with E-state index in [9.17, 15) is 21.6 Å². The highest BCUT2D eigenvalue weighted by Gasteiger charge is 2.30. The lowest BCUT2D eigenvalue weighted by molar-refractivity contribution is -0.130. The summed E-state index contributed by atoms with van der Waals surface area (Å²) < 4.78 is 63.1. The van der Waals surface area contributed by atoms with Crippen LogP contribution in [-0.4, -0.2) is 26.4 Å². The Bertz CT molecular complexity index is 738. The second kappa shape index (κ2) is 6.55. The smallest absolute Gasteiger partial charge is 0.212 e. The first-order valence-corrected chi connectivity index (χ1v) is 9.21. The summed E-state index contributed by atoms with van der Waals surface area (Å²) >= 11 is 1.56. The van der Waals surface area contributed by atoms with Gasteiger partial charge in [-0.15, -0.1) is 11.3 Å². The van der Waals surface area contributed by atoms with Crippen LogP contribution in [0.3, 0.4) is 0 Å². The molecule has 0 bridgehead atoms. The van der Waals surface area contributed by atoms with Gasteiger partial charge < -0.3 is 0 Å². The van der Waals surface area contributed by atoms with Crippen LogP contribution in [0.15, 0.2) is 29.6 Å². The molecule has 3 nitrogen and oxygen atoms in total.